The second-order valence-corrected chi connectivity index (χ2v) is 4.36. The van der Waals surface area contributed by atoms with Crippen molar-refractivity contribution in [3.63, 3.8) is 0 Å². The van der Waals surface area contributed by atoms with E-state index in [0.717, 1.165) is 5.56 Å². The van der Waals surface area contributed by atoms with Crippen molar-refractivity contribution in [2.75, 3.05) is 20.3 Å². The molecule has 0 amide bonds. The molecule has 4 heteroatoms. The van der Waals surface area contributed by atoms with Crippen molar-refractivity contribution in [2.45, 2.75) is 18.9 Å². The Bertz CT molecular complexity index is 381. The highest BCUT2D eigenvalue weighted by Crippen LogP contribution is 2.23. The van der Waals surface area contributed by atoms with Crippen LogP contribution in [0.1, 0.15) is 12.0 Å². The van der Waals surface area contributed by atoms with Crippen molar-refractivity contribution >= 4 is 0 Å². The SMILES string of the molecule is COc1ccc(CC2COCCC2O)cc1F. The Hall–Kier alpha value is -1.13. The van der Waals surface area contributed by atoms with Crippen LogP contribution in [-0.2, 0) is 11.2 Å². The molecule has 2 unspecified atom stereocenters. The van der Waals surface area contributed by atoms with Gasteiger partial charge in [0.25, 0.3) is 0 Å². The minimum Gasteiger partial charge on any atom is -0.494 e. The summed E-state index contributed by atoms with van der Waals surface area (Å²) in [5, 5.41) is 9.80. The fourth-order valence-corrected chi connectivity index (χ4v) is 2.12. The molecule has 0 aromatic heterocycles. The summed E-state index contributed by atoms with van der Waals surface area (Å²) in [4.78, 5) is 0. The average molecular weight is 240 g/mol. The van der Waals surface area contributed by atoms with Crippen LogP contribution < -0.4 is 4.74 Å². The van der Waals surface area contributed by atoms with E-state index in [1.54, 1.807) is 6.07 Å². The second-order valence-electron chi connectivity index (χ2n) is 4.36. The van der Waals surface area contributed by atoms with E-state index in [-0.39, 0.29) is 23.6 Å². The molecule has 2 rings (SSSR count). The molecule has 0 aliphatic carbocycles. The zero-order valence-corrected chi connectivity index (χ0v) is 9.86. The van der Waals surface area contributed by atoms with E-state index < -0.39 is 0 Å². The summed E-state index contributed by atoms with van der Waals surface area (Å²) < 4.78 is 23.7. The van der Waals surface area contributed by atoms with E-state index in [1.807, 2.05) is 6.07 Å². The summed E-state index contributed by atoms with van der Waals surface area (Å²) in [5.74, 6) is -0.0676. The number of ether oxygens (including phenoxy) is 2. The van der Waals surface area contributed by atoms with Crippen LogP contribution in [0.15, 0.2) is 18.2 Å². The Kier molecular flexibility index (Phi) is 3.97. The lowest BCUT2D eigenvalue weighted by atomic mass is 9.91. The standard InChI is InChI=1S/C13H17FO3/c1-16-13-3-2-9(7-11(13)14)6-10-8-17-5-4-12(10)15/h2-3,7,10,12,15H,4-6,8H2,1H3. The maximum atomic E-state index is 13.5. The molecule has 1 heterocycles. The molecule has 1 aromatic rings. The van der Waals surface area contributed by atoms with Gasteiger partial charge in [-0.05, 0) is 30.5 Å². The molecule has 1 N–H and O–H groups in total. The number of hydrogen-bond donors (Lipinski definition) is 1. The van der Waals surface area contributed by atoms with Crippen molar-refractivity contribution in [2.24, 2.45) is 5.92 Å². The van der Waals surface area contributed by atoms with E-state index in [2.05, 4.69) is 0 Å². The van der Waals surface area contributed by atoms with Gasteiger partial charge >= 0.3 is 0 Å². The quantitative estimate of drug-likeness (QED) is 0.875. The lowest BCUT2D eigenvalue weighted by Gasteiger charge is -2.27. The second kappa shape index (κ2) is 5.47. The largest absolute Gasteiger partial charge is 0.494 e. The number of aliphatic hydroxyl groups excluding tert-OH is 1. The van der Waals surface area contributed by atoms with Gasteiger partial charge in [0.15, 0.2) is 11.6 Å². The van der Waals surface area contributed by atoms with Gasteiger partial charge in [-0.1, -0.05) is 6.07 Å². The molecule has 0 saturated carbocycles. The van der Waals surface area contributed by atoms with Crippen LogP contribution in [0.25, 0.3) is 0 Å². The third kappa shape index (κ3) is 2.96. The van der Waals surface area contributed by atoms with Crippen LogP contribution in [0.4, 0.5) is 4.39 Å². The predicted octanol–water partition coefficient (Wildman–Crippen LogP) is 1.77. The zero-order chi connectivity index (χ0) is 12.3. The molecular weight excluding hydrogens is 223 g/mol. The van der Waals surface area contributed by atoms with Crippen LogP contribution in [0.2, 0.25) is 0 Å². The first-order chi connectivity index (χ1) is 8.20. The first kappa shape index (κ1) is 12.3. The molecule has 0 bridgehead atoms. The highest BCUT2D eigenvalue weighted by Gasteiger charge is 2.24. The minimum atomic E-state index is -0.365. The first-order valence-corrected chi connectivity index (χ1v) is 5.79. The number of hydrogen-bond acceptors (Lipinski definition) is 3. The van der Waals surface area contributed by atoms with Crippen LogP contribution >= 0.6 is 0 Å². The van der Waals surface area contributed by atoms with Crippen molar-refractivity contribution < 1.29 is 19.0 Å². The molecule has 0 spiro atoms. The maximum Gasteiger partial charge on any atom is 0.165 e. The molecule has 17 heavy (non-hydrogen) atoms. The lowest BCUT2D eigenvalue weighted by molar-refractivity contribution is -0.0350. The van der Waals surface area contributed by atoms with Gasteiger partial charge in [-0.15, -0.1) is 0 Å². The van der Waals surface area contributed by atoms with Crippen LogP contribution in [0.5, 0.6) is 5.75 Å². The van der Waals surface area contributed by atoms with Crippen molar-refractivity contribution in [3.05, 3.63) is 29.6 Å². The van der Waals surface area contributed by atoms with Crippen LogP contribution in [0.3, 0.4) is 0 Å². The Morgan fingerprint density at radius 3 is 3.00 bits per heavy atom. The lowest BCUT2D eigenvalue weighted by Crippen LogP contribution is -2.33. The van der Waals surface area contributed by atoms with Crippen molar-refractivity contribution in [1.82, 2.24) is 0 Å². The van der Waals surface area contributed by atoms with E-state index >= 15 is 0 Å². The van der Waals surface area contributed by atoms with E-state index in [1.165, 1.54) is 13.2 Å². The van der Waals surface area contributed by atoms with Gasteiger partial charge in [-0.3, -0.25) is 0 Å². The third-order valence-electron chi connectivity index (χ3n) is 3.15. The molecule has 1 fully saturated rings. The number of benzene rings is 1. The molecule has 3 nitrogen and oxygen atoms in total. The van der Waals surface area contributed by atoms with Gasteiger partial charge in [-0.2, -0.15) is 0 Å². The fourth-order valence-electron chi connectivity index (χ4n) is 2.12. The molecule has 0 radical (unpaired) electrons. The van der Waals surface area contributed by atoms with Crippen LogP contribution in [-0.4, -0.2) is 31.5 Å². The molecule has 1 aromatic carbocycles. The molecule has 1 aliphatic rings. The number of methoxy groups -OCH3 is 1. The molecule has 1 saturated heterocycles. The molecular formula is C13H17FO3. The van der Waals surface area contributed by atoms with Gasteiger partial charge in [0.1, 0.15) is 0 Å². The zero-order valence-electron chi connectivity index (χ0n) is 9.86. The number of aliphatic hydroxyl groups is 1. The highest BCUT2D eigenvalue weighted by atomic mass is 19.1. The third-order valence-corrected chi connectivity index (χ3v) is 3.15. The Morgan fingerprint density at radius 1 is 1.53 bits per heavy atom. The number of halogens is 1. The fraction of sp³-hybridized carbons (Fsp3) is 0.538. The van der Waals surface area contributed by atoms with Gasteiger partial charge in [0, 0.05) is 12.5 Å². The Balaban J connectivity index is 2.05. The van der Waals surface area contributed by atoms with E-state index in [4.69, 9.17) is 9.47 Å². The van der Waals surface area contributed by atoms with E-state index in [9.17, 15) is 9.50 Å². The molecule has 1 aliphatic heterocycles. The highest BCUT2D eigenvalue weighted by molar-refractivity contribution is 5.29. The Labute approximate surface area is 100 Å². The molecule has 2 atom stereocenters. The smallest absolute Gasteiger partial charge is 0.165 e. The summed E-state index contributed by atoms with van der Waals surface area (Å²) in [5.41, 5.74) is 0.859. The van der Waals surface area contributed by atoms with Crippen molar-refractivity contribution in [1.29, 1.82) is 0 Å². The summed E-state index contributed by atoms with van der Waals surface area (Å²) in [7, 11) is 1.44. The normalized spacial score (nSPS) is 24.6. The maximum absolute atomic E-state index is 13.5. The first-order valence-electron chi connectivity index (χ1n) is 5.79. The number of rotatable bonds is 3. The summed E-state index contributed by atoms with van der Waals surface area (Å²) in [6.45, 7) is 1.14. The van der Waals surface area contributed by atoms with Gasteiger partial charge in [-0.25, -0.2) is 4.39 Å². The monoisotopic (exact) mass is 240 g/mol. The molecule has 94 valence electrons. The Morgan fingerprint density at radius 2 is 2.35 bits per heavy atom. The minimum absolute atomic E-state index is 0.0524. The summed E-state index contributed by atoms with van der Waals surface area (Å²) in [6.07, 6.45) is 0.930. The van der Waals surface area contributed by atoms with Gasteiger partial charge in [0.05, 0.1) is 19.8 Å². The average Bonchev–Trinajstić information content (AvgIpc) is 2.32. The topological polar surface area (TPSA) is 38.7 Å². The van der Waals surface area contributed by atoms with Crippen molar-refractivity contribution in [3.8, 4) is 5.75 Å². The van der Waals surface area contributed by atoms with Gasteiger partial charge < -0.3 is 14.6 Å². The van der Waals surface area contributed by atoms with Crippen LogP contribution in [0, 0.1) is 11.7 Å². The summed E-state index contributed by atoms with van der Waals surface area (Å²) in [6, 6.07) is 4.89. The van der Waals surface area contributed by atoms with Gasteiger partial charge in [0.2, 0.25) is 0 Å². The predicted molar refractivity (Wildman–Crippen MR) is 61.6 cm³/mol. The van der Waals surface area contributed by atoms with E-state index in [0.29, 0.717) is 26.1 Å². The summed E-state index contributed by atoms with van der Waals surface area (Å²) >= 11 is 0.